The van der Waals surface area contributed by atoms with Gasteiger partial charge in [-0.3, -0.25) is 0 Å². The monoisotopic (exact) mass is 1030 g/mol. The van der Waals surface area contributed by atoms with Gasteiger partial charge in [-0.15, -0.1) is 36.2 Å². The molecule has 0 saturated heterocycles. The number of fused-ring (bicyclic) bond motifs is 4. The molecule has 0 atom stereocenters. The van der Waals surface area contributed by atoms with Crippen LogP contribution in [0.1, 0.15) is 11.1 Å². The van der Waals surface area contributed by atoms with Gasteiger partial charge in [0.25, 0.3) is 20.0 Å². The Kier molecular flexibility index (Phi) is 16.1. The summed E-state index contributed by atoms with van der Waals surface area (Å²) in [5.74, 6) is -2.76. The third kappa shape index (κ3) is 10.7. The van der Waals surface area contributed by atoms with Gasteiger partial charge in [0.2, 0.25) is 0 Å². The number of rotatable bonds is 9. The predicted octanol–water partition coefficient (Wildman–Crippen LogP) is 11.9. The smallest absolute Gasteiger partial charge is 0.475 e. The van der Waals surface area contributed by atoms with Gasteiger partial charge >= 0.3 is 12.1 Å². The van der Waals surface area contributed by atoms with Crippen molar-refractivity contribution >= 4 is 105 Å². The van der Waals surface area contributed by atoms with E-state index in [-0.39, 0.29) is 41.1 Å². The van der Waals surface area contributed by atoms with E-state index >= 15 is 0 Å². The molecule has 10 aromatic rings. The number of carboxylic acids is 1. The van der Waals surface area contributed by atoms with Crippen molar-refractivity contribution in [1.29, 1.82) is 0 Å². The minimum absolute atomic E-state index is 0. The molecule has 10 rings (SSSR count). The largest absolute Gasteiger partial charge is 0.490 e. The molecule has 0 amide bonds. The van der Waals surface area contributed by atoms with E-state index < -0.39 is 32.2 Å². The molecule has 0 radical (unpaired) electrons. The van der Waals surface area contributed by atoms with E-state index in [9.17, 15) is 30.0 Å². The first-order chi connectivity index (χ1) is 32.1. The number of alkyl halides is 3. The lowest BCUT2D eigenvalue weighted by atomic mass is 9.97. The molecule has 7 aromatic carbocycles. The van der Waals surface area contributed by atoms with Crippen LogP contribution in [-0.4, -0.2) is 48.6 Å². The van der Waals surface area contributed by atoms with E-state index in [1.165, 1.54) is 23.4 Å². The third-order valence-corrected chi connectivity index (χ3v) is 15.5. The first kappa shape index (κ1) is 51.9. The van der Waals surface area contributed by atoms with Crippen molar-refractivity contribution < 1.29 is 39.9 Å². The molecule has 5 N–H and O–H groups in total. The number of benzene rings is 7. The molecule has 0 aliphatic rings. The van der Waals surface area contributed by atoms with Crippen LogP contribution >= 0.6 is 36.2 Å². The van der Waals surface area contributed by atoms with Crippen LogP contribution in [0, 0.1) is 0 Å². The maximum absolute atomic E-state index is 13.3. The van der Waals surface area contributed by atoms with Gasteiger partial charge in [0.1, 0.15) is 0 Å². The molecule has 3 aromatic heterocycles. The van der Waals surface area contributed by atoms with Crippen LogP contribution in [0.5, 0.6) is 0 Å². The van der Waals surface area contributed by atoms with E-state index in [1.807, 2.05) is 66.7 Å². The second kappa shape index (κ2) is 21.4. The van der Waals surface area contributed by atoms with E-state index in [2.05, 4.69) is 48.5 Å². The molecule has 18 heteroatoms. The summed E-state index contributed by atoms with van der Waals surface area (Å²) in [6.45, 7) is 0.713. The molecule has 69 heavy (non-hydrogen) atoms. The summed E-state index contributed by atoms with van der Waals surface area (Å²) in [6, 6.07) is 53.8. The number of thiophene rings is 1. The minimum atomic E-state index is -5.08. The van der Waals surface area contributed by atoms with Gasteiger partial charge in [0.05, 0.1) is 20.8 Å². The average molecular weight is 1030 g/mol. The zero-order valence-electron chi connectivity index (χ0n) is 36.2. The highest BCUT2D eigenvalue weighted by atomic mass is 35.5. The van der Waals surface area contributed by atoms with Gasteiger partial charge in [0.15, 0.2) is 0 Å². The Hall–Kier alpha value is -6.50. The summed E-state index contributed by atoms with van der Waals surface area (Å²) in [7, 11) is -7.39. The highest BCUT2D eigenvalue weighted by Gasteiger charge is 2.38. The van der Waals surface area contributed by atoms with Crippen LogP contribution < -0.4 is 11.5 Å². The van der Waals surface area contributed by atoms with E-state index in [1.54, 1.807) is 78.3 Å². The Labute approximate surface area is 412 Å². The van der Waals surface area contributed by atoms with Gasteiger partial charge in [-0.2, -0.15) is 13.2 Å². The van der Waals surface area contributed by atoms with Crippen molar-refractivity contribution in [3.05, 3.63) is 193 Å². The van der Waals surface area contributed by atoms with E-state index in [0.29, 0.717) is 24.0 Å². The van der Waals surface area contributed by atoms with Gasteiger partial charge in [0, 0.05) is 39.3 Å². The molecular formula is C51H43Cl2F3N4O6S3. The number of nitrogens with zero attached hydrogens (tertiary/aromatic N) is 2. The average Bonchev–Trinajstić information content (AvgIpc) is 4.06. The molecule has 0 fully saturated rings. The fourth-order valence-electron chi connectivity index (χ4n) is 7.78. The molecule has 0 spiro atoms. The second-order valence-corrected chi connectivity index (χ2v) is 19.9. The number of hydrogen-bond acceptors (Lipinski definition) is 8. The molecule has 0 saturated carbocycles. The van der Waals surface area contributed by atoms with Crippen molar-refractivity contribution in [1.82, 2.24) is 7.94 Å². The normalized spacial score (nSPS) is 11.6. The number of aliphatic carboxylic acids is 1. The lowest BCUT2D eigenvalue weighted by Crippen LogP contribution is -2.21. The Morgan fingerprint density at radius 2 is 1.04 bits per heavy atom. The van der Waals surface area contributed by atoms with E-state index in [0.717, 1.165) is 48.9 Å². The van der Waals surface area contributed by atoms with Crippen LogP contribution in [0.25, 0.3) is 64.2 Å². The number of nitrogens with two attached hydrogens (primary N) is 2. The van der Waals surface area contributed by atoms with Crippen molar-refractivity contribution in [3.8, 4) is 21.6 Å². The molecule has 0 aliphatic carbocycles. The number of carbonyl (C=O) groups is 1. The summed E-state index contributed by atoms with van der Waals surface area (Å²) in [5.41, 5.74) is 18.1. The molecule has 356 valence electrons. The molecule has 3 heterocycles. The Morgan fingerprint density at radius 3 is 1.59 bits per heavy atom. The first-order valence-corrected chi connectivity index (χ1v) is 24.4. The number of carboxylic acid groups (broad SMARTS) is 1. The Balaban J connectivity index is 0.000000195. The predicted molar refractivity (Wildman–Crippen MR) is 275 cm³/mol. The third-order valence-electron chi connectivity index (χ3n) is 11.0. The minimum Gasteiger partial charge on any atom is -0.475 e. The maximum atomic E-state index is 13.3. The summed E-state index contributed by atoms with van der Waals surface area (Å²) in [6.07, 6.45) is -1.11. The van der Waals surface area contributed by atoms with Gasteiger partial charge in [-0.05, 0) is 118 Å². The van der Waals surface area contributed by atoms with Crippen LogP contribution in [-0.2, 0) is 37.8 Å². The number of hydrogen-bond donors (Lipinski definition) is 3. The zero-order chi connectivity index (χ0) is 47.5. The topological polar surface area (TPSA) is 167 Å². The summed E-state index contributed by atoms with van der Waals surface area (Å²) < 4.78 is 88.7. The Morgan fingerprint density at radius 1 is 0.565 bits per heavy atom. The maximum Gasteiger partial charge on any atom is 0.490 e. The summed E-state index contributed by atoms with van der Waals surface area (Å²) >= 11 is 1.74. The fourth-order valence-corrected chi connectivity index (χ4v) is 11.7. The van der Waals surface area contributed by atoms with Crippen LogP contribution in [0.15, 0.2) is 192 Å². The molecular weight excluding hydrogens is 989 g/mol. The van der Waals surface area contributed by atoms with Gasteiger partial charge in [-0.1, -0.05) is 109 Å². The SMILES string of the molecule is Cl.Cl.NCCc1cn(S(=O)(=O)c2ccccc2)c2ccc(-c3cc4ccccc4s3)cc12.NCc1cn(S(=O)(=O)c2ccccc2)c2ccc(-c3cccc4ccccc34)cc12.O=C(O)C(F)(F)F. The summed E-state index contributed by atoms with van der Waals surface area (Å²) in [5, 5.41) is 12.4. The lowest BCUT2D eigenvalue weighted by Gasteiger charge is -2.09. The van der Waals surface area contributed by atoms with E-state index in [4.69, 9.17) is 21.4 Å². The standard InChI is InChI=1S/C25H20N2O2S.C24H20N2O2S2.C2HF3O2.2ClH/c26-16-20-17-27(30(28,29)21-9-2-1-3-10-21)25-14-13-19(15-24(20)25)23-12-6-8-18-7-4-5-11-22(18)23;25-13-12-19-16-26(30(27,28)20-7-2-1-3-8-20)22-11-10-18(14-21(19)22)24-15-17-6-4-5-9-23(17)29-24;3-2(4,5)1(6)7;;/h1-15,17H,16,26H2;1-11,14-16H,12-13,25H2;(H,6,7);2*1H. The fraction of sp³-hybridized carbons (Fsp3) is 0.0784. The second-order valence-electron chi connectivity index (χ2n) is 15.2. The molecule has 0 bridgehead atoms. The quantitative estimate of drug-likeness (QED) is 0.128. The summed E-state index contributed by atoms with van der Waals surface area (Å²) in [4.78, 5) is 10.6. The van der Waals surface area contributed by atoms with Gasteiger partial charge in [-0.25, -0.2) is 29.6 Å². The van der Waals surface area contributed by atoms with Crippen LogP contribution in [0.2, 0.25) is 0 Å². The Bertz CT molecular complexity index is 3620. The van der Waals surface area contributed by atoms with Crippen molar-refractivity contribution in [2.24, 2.45) is 11.5 Å². The lowest BCUT2D eigenvalue weighted by molar-refractivity contribution is -0.192. The van der Waals surface area contributed by atoms with Crippen molar-refractivity contribution in [2.75, 3.05) is 6.54 Å². The zero-order valence-corrected chi connectivity index (χ0v) is 40.2. The number of halogens is 5. The highest BCUT2D eigenvalue weighted by Crippen LogP contribution is 2.37. The molecule has 10 nitrogen and oxygen atoms in total. The molecule has 0 aliphatic heterocycles. The van der Waals surface area contributed by atoms with Gasteiger partial charge < -0.3 is 16.6 Å². The molecule has 0 unspecified atom stereocenters. The number of aromatic nitrogens is 2. The van der Waals surface area contributed by atoms with Crippen LogP contribution in [0.3, 0.4) is 0 Å². The first-order valence-electron chi connectivity index (χ1n) is 20.7. The van der Waals surface area contributed by atoms with Crippen LogP contribution in [0.4, 0.5) is 13.2 Å². The van der Waals surface area contributed by atoms with Crippen molar-refractivity contribution in [2.45, 2.75) is 28.9 Å². The van der Waals surface area contributed by atoms with Crippen molar-refractivity contribution in [3.63, 3.8) is 0 Å². The highest BCUT2D eigenvalue weighted by molar-refractivity contribution is 7.90.